The van der Waals surface area contributed by atoms with Gasteiger partial charge in [-0.15, -0.1) is 0 Å². The first-order valence-electron chi connectivity index (χ1n) is 6.76. The van der Waals surface area contributed by atoms with Crippen molar-refractivity contribution >= 4 is 0 Å². The Morgan fingerprint density at radius 3 is 2.56 bits per heavy atom. The highest BCUT2D eigenvalue weighted by Crippen LogP contribution is 2.24. The zero-order valence-corrected chi connectivity index (χ0v) is 11.2. The molecule has 1 saturated heterocycles. The minimum atomic E-state index is -0.178. The fourth-order valence-corrected chi connectivity index (χ4v) is 2.47. The van der Waals surface area contributed by atoms with Crippen molar-refractivity contribution in [2.45, 2.75) is 38.8 Å². The fraction of sp³-hybridized carbons (Fsp3) is 0.600. The maximum atomic E-state index is 13.0. The van der Waals surface area contributed by atoms with Crippen LogP contribution in [0, 0.1) is 11.7 Å². The van der Waals surface area contributed by atoms with Gasteiger partial charge in [0.2, 0.25) is 0 Å². The molecule has 2 unspecified atom stereocenters. The Hall–Kier alpha value is -0.930. The summed E-state index contributed by atoms with van der Waals surface area (Å²) in [6.45, 7) is 6.03. The molecule has 0 aliphatic carbocycles. The van der Waals surface area contributed by atoms with Crippen LogP contribution in [-0.2, 0) is 4.74 Å². The summed E-state index contributed by atoms with van der Waals surface area (Å²) >= 11 is 0. The van der Waals surface area contributed by atoms with Gasteiger partial charge in [-0.1, -0.05) is 26.0 Å². The molecule has 0 aromatic heterocycles. The number of rotatable bonds is 4. The van der Waals surface area contributed by atoms with Gasteiger partial charge in [-0.05, 0) is 36.5 Å². The molecular weight excluding hydrogens is 229 g/mol. The van der Waals surface area contributed by atoms with Crippen LogP contribution in [0.4, 0.5) is 4.39 Å². The summed E-state index contributed by atoms with van der Waals surface area (Å²) in [7, 11) is 0. The van der Waals surface area contributed by atoms with Crippen molar-refractivity contribution in [1.82, 2.24) is 5.32 Å². The van der Waals surface area contributed by atoms with E-state index in [9.17, 15) is 4.39 Å². The van der Waals surface area contributed by atoms with E-state index in [1.54, 1.807) is 0 Å². The Balaban J connectivity index is 2.05. The summed E-state index contributed by atoms with van der Waals surface area (Å²) < 4.78 is 18.5. The maximum Gasteiger partial charge on any atom is 0.123 e. The summed E-state index contributed by atoms with van der Waals surface area (Å²) in [6, 6.07) is 7.48. The lowest BCUT2D eigenvalue weighted by atomic mass is 9.94. The van der Waals surface area contributed by atoms with Crippen molar-refractivity contribution in [3.63, 3.8) is 0 Å². The van der Waals surface area contributed by atoms with Gasteiger partial charge in [-0.3, -0.25) is 0 Å². The van der Waals surface area contributed by atoms with Gasteiger partial charge in [0.15, 0.2) is 0 Å². The van der Waals surface area contributed by atoms with Crippen molar-refractivity contribution in [3.8, 4) is 0 Å². The Labute approximate surface area is 109 Å². The lowest BCUT2D eigenvalue weighted by molar-refractivity contribution is 0.0638. The van der Waals surface area contributed by atoms with Gasteiger partial charge < -0.3 is 10.1 Å². The third-order valence-corrected chi connectivity index (χ3v) is 3.47. The molecule has 0 amide bonds. The van der Waals surface area contributed by atoms with Gasteiger partial charge in [-0.2, -0.15) is 0 Å². The number of halogens is 1. The van der Waals surface area contributed by atoms with Crippen molar-refractivity contribution in [2.24, 2.45) is 5.92 Å². The van der Waals surface area contributed by atoms with Gasteiger partial charge in [0.1, 0.15) is 5.82 Å². The lowest BCUT2D eigenvalue weighted by Gasteiger charge is -2.31. The van der Waals surface area contributed by atoms with Crippen molar-refractivity contribution < 1.29 is 9.13 Å². The summed E-state index contributed by atoms with van der Waals surface area (Å²) in [4.78, 5) is 0. The third-order valence-electron chi connectivity index (χ3n) is 3.47. The second-order valence-electron chi connectivity index (χ2n) is 5.35. The first-order valence-corrected chi connectivity index (χ1v) is 6.76. The smallest absolute Gasteiger partial charge is 0.123 e. The summed E-state index contributed by atoms with van der Waals surface area (Å²) in [5.74, 6) is 0.291. The molecule has 2 atom stereocenters. The van der Waals surface area contributed by atoms with Crippen LogP contribution in [0.5, 0.6) is 0 Å². The van der Waals surface area contributed by atoms with E-state index in [1.807, 2.05) is 12.1 Å². The zero-order chi connectivity index (χ0) is 13.0. The van der Waals surface area contributed by atoms with Crippen LogP contribution in [0.2, 0.25) is 0 Å². The molecule has 2 rings (SSSR count). The van der Waals surface area contributed by atoms with Gasteiger partial charge in [-0.25, -0.2) is 4.39 Å². The minimum absolute atomic E-state index is 0.178. The minimum Gasteiger partial charge on any atom is -0.380 e. The topological polar surface area (TPSA) is 21.3 Å². The molecule has 0 radical (unpaired) electrons. The molecule has 0 spiro atoms. The maximum absolute atomic E-state index is 13.0. The van der Waals surface area contributed by atoms with E-state index in [1.165, 1.54) is 12.1 Å². The van der Waals surface area contributed by atoms with E-state index >= 15 is 0 Å². The van der Waals surface area contributed by atoms with E-state index in [4.69, 9.17) is 4.74 Å². The quantitative estimate of drug-likeness (QED) is 0.886. The Morgan fingerprint density at radius 2 is 2.00 bits per heavy atom. The standard InChI is InChI=1S/C15H22FNO/c1-11(2)15(12-5-7-13(16)8-6-12)17-14-4-3-9-18-10-14/h5-8,11,14-15,17H,3-4,9-10H2,1-2H3. The van der Waals surface area contributed by atoms with Crippen LogP contribution in [0.15, 0.2) is 24.3 Å². The largest absolute Gasteiger partial charge is 0.380 e. The molecule has 0 bridgehead atoms. The molecule has 2 nitrogen and oxygen atoms in total. The van der Waals surface area contributed by atoms with Gasteiger partial charge in [0.05, 0.1) is 6.61 Å². The van der Waals surface area contributed by atoms with Gasteiger partial charge >= 0.3 is 0 Å². The van der Waals surface area contributed by atoms with E-state index in [2.05, 4.69) is 19.2 Å². The second kappa shape index (κ2) is 6.30. The van der Waals surface area contributed by atoms with Crippen LogP contribution in [0.1, 0.15) is 38.3 Å². The molecular formula is C15H22FNO. The van der Waals surface area contributed by atoms with Crippen molar-refractivity contribution in [3.05, 3.63) is 35.6 Å². The van der Waals surface area contributed by atoms with E-state index in [0.717, 1.165) is 31.6 Å². The highest BCUT2D eigenvalue weighted by molar-refractivity contribution is 5.20. The molecule has 1 heterocycles. The van der Waals surface area contributed by atoms with Gasteiger partial charge in [0, 0.05) is 18.7 Å². The molecule has 100 valence electrons. The molecule has 1 N–H and O–H groups in total. The van der Waals surface area contributed by atoms with Crippen molar-refractivity contribution in [2.75, 3.05) is 13.2 Å². The van der Waals surface area contributed by atoms with E-state index < -0.39 is 0 Å². The molecule has 3 heteroatoms. The number of hydrogen-bond donors (Lipinski definition) is 1. The lowest BCUT2D eigenvalue weighted by Crippen LogP contribution is -2.40. The summed E-state index contributed by atoms with van der Waals surface area (Å²) in [6.07, 6.45) is 2.27. The van der Waals surface area contributed by atoms with E-state index in [-0.39, 0.29) is 11.9 Å². The normalized spacial score (nSPS) is 22.1. The second-order valence-corrected chi connectivity index (χ2v) is 5.35. The van der Waals surface area contributed by atoms with E-state index in [0.29, 0.717) is 12.0 Å². The average Bonchev–Trinajstić information content (AvgIpc) is 2.38. The van der Waals surface area contributed by atoms with Crippen molar-refractivity contribution in [1.29, 1.82) is 0 Å². The Kier molecular flexibility index (Phi) is 4.72. The summed E-state index contributed by atoms with van der Waals surface area (Å²) in [5, 5.41) is 3.64. The fourth-order valence-electron chi connectivity index (χ4n) is 2.47. The van der Waals surface area contributed by atoms with Crippen LogP contribution in [0.3, 0.4) is 0 Å². The molecule has 1 aliphatic rings. The number of hydrogen-bond acceptors (Lipinski definition) is 2. The van der Waals surface area contributed by atoms with Crippen LogP contribution in [0.25, 0.3) is 0 Å². The molecule has 1 fully saturated rings. The predicted molar refractivity (Wildman–Crippen MR) is 71.0 cm³/mol. The van der Waals surface area contributed by atoms with Crippen LogP contribution < -0.4 is 5.32 Å². The van der Waals surface area contributed by atoms with Crippen LogP contribution in [-0.4, -0.2) is 19.3 Å². The van der Waals surface area contributed by atoms with Gasteiger partial charge in [0.25, 0.3) is 0 Å². The SMILES string of the molecule is CC(C)C(NC1CCCOC1)c1ccc(F)cc1. The highest BCUT2D eigenvalue weighted by atomic mass is 19.1. The first-order chi connectivity index (χ1) is 8.66. The third kappa shape index (κ3) is 3.53. The number of benzene rings is 1. The highest BCUT2D eigenvalue weighted by Gasteiger charge is 2.21. The molecule has 18 heavy (non-hydrogen) atoms. The molecule has 1 aromatic carbocycles. The predicted octanol–water partition coefficient (Wildman–Crippen LogP) is 3.29. The zero-order valence-electron chi connectivity index (χ0n) is 11.2. The molecule has 1 aromatic rings. The number of ether oxygens (including phenoxy) is 1. The average molecular weight is 251 g/mol. The van der Waals surface area contributed by atoms with Crippen LogP contribution >= 0.6 is 0 Å². The summed E-state index contributed by atoms with van der Waals surface area (Å²) in [5.41, 5.74) is 1.15. The Morgan fingerprint density at radius 1 is 1.28 bits per heavy atom. The number of nitrogens with one attached hydrogen (secondary N) is 1. The first kappa shape index (κ1) is 13.5. The monoisotopic (exact) mass is 251 g/mol. The molecule has 1 aliphatic heterocycles. The molecule has 0 saturated carbocycles. The Bertz CT molecular complexity index is 357.